The number of aliphatic hydroxyl groups is 1. The maximum Gasteiger partial charge on any atom is 0.165 e. The van der Waals surface area contributed by atoms with Crippen molar-refractivity contribution in [3.8, 4) is 11.8 Å². The van der Waals surface area contributed by atoms with Crippen molar-refractivity contribution in [3.05, 3.63) is 70.6 Å². The van der Waals surface area contributed by atoms with Crippen molar-refractivity contribution in [3.63, 3.8) is 0 Å². The van der Waals surface area contributed by atoms with Crippen molar-refractivity contribution in [2.45, 2.75) is 32.8 Å². The second-order valence-electron chi connectivity index (χ2n) is 8.52. The van der Waals surface area contributed by atoms with Crippen molar-refractivity contribution < 1.29 is 9.90 Å². The molecule has 0 amide bonds. The molecule has 0 aliphatic rings. The van der Waals surface area contributed by atoms with E-state index in [9.17, 15) is 9.90 Å². The smallest absolute Gasteiger partial charge is 0.165 e. The van der Waals surface area contributed by atoms with Crippen LogP contribution in [0.4, 0.5) is 5.82 Å². The summed E-state index contributed by atoms with van der Waals surface area (Å²) in [4.78, 5) is 28.3. The van der Waals surface area contributed by atoms with Crippen LogP contribution in [0.15, 0.2) is 48.9 Å². The van der Waals surface area contributed by atoms with E-state index in [1.54, 1.807) is 36.8 Å². The van der Waals surface area contributed by atoms with Gasteiger partial charge in [-0.1, -0.05) is 43.4 Å². The minimum absolute atomic E-state index is 0.0873. The Labute approximate surface area is 215 Å². The first-order chi connectivity index (χ1) is 17.4. The molecule has 4 aromatic rings. The Morgan fingerprint density at radius 1 is 1.08 bits per heavy atom. The number of benzene rings is 2. The molecule has 0 bridgehead atoms. The number of aromatic nitrogens is 3. The van der Waals surface area contributed by atoms with Gasteiger partial charge in [0.25, 0.3) is 0 Å². The molecule has 7 nitrogen and oxygen atoms in total. The number of hydrogen-bond acceptors (Lipinski definition) is 7. The normalized spacial score (nSPS) is 12.0. The summed E-state index contributed by atoms with van der Waals surface area (Å²) < 4.78 is 0. The molecule has 2 aromatic heterocycles. The third-order valence-corrected chi connectivity index (χ3v) is 6.43. The molecular weight excluding hydrogens is 474 g/mol. The van der Waals surface area contributed by atoms with Gasteiger partial charge in [0, 0.05) is 52.9 Å². The number of hydrogen-bond donors (Lipinski definition) is 2. The Kier molecular flexibility index (Phi) is 8.11. The molecular formula is C28H28ClN5O2. The summed E-state index contributed by atoms with van der Waals surface area (Å²) >= 11 is 6.19. The lowest BCUT2D eigenvalue weighted by Crippen LogP contribution is -2.32. The molecule has 0 saturated heterocycles. The van der Waals surface area contributed by atoms with Crippen LogP contribution >= 0.6 is 11.6 Å². The number of fused-ring (bicyclic) bond motifs is 2. The van der Waals surface area contributed by atoms with Gasteiger partial charge in [-0.15, -0.1) is 0 Å². The number of ketones is 1. The van der Waals surface area contributed by atoms with E-state index in [0.717, 1.165) is 23.9 Å². The van der Waals surface area contributed by atoms with E-state index in [1.165, 1.54) is 0 Å². The fourth-order valence-corrected chi connectivity index (χ4v) is 4.32. The van der Waals surface area contributed by atoms with Crippen molar-refractivity contribution >= 4 is 45.0 Å². The molecule has 0 fully saturated rings. The Hall–Kier alpha value is -3.57. The number of nitrogens with zero attached hydrogens (tertiary/aromatic N) is 4. The third kappa shape index (κ3) is 5.63. The number of Topliss-reactive ketones (excluding diaryl/α,β-unsaturated/α-hetero) is 1. The Morgan fingerprint density at radius 3 is 2.58 bits per heavy atom. The summed E-state index contributed by atoms with van der Waals surface area (Å²) in [5, 5.41) is 12.6. The molecule has 0 radical (unpaired) electrons. The lowest BCUT2D eigenvalue weighted by molar-refractivity contribution is 0.0878. The molecule has 2 heterocycles. The molecule has 1 unspecified atom stereocenters. The second-order valence-corrected chi connectivity index (χ2v) is 8.95. The number of carbonyl (C=O) groups excluding carboxylic acids is 1. The van der Waals surface area contributed by atoms with Crippen LogP contribution in [0, 0.1) is 11.8 Å². The zero-order valence-corrected chi connectivity index (χ0v) is 21.1. The van der Waals surface area contributed by atoms with E-state index in [0.29, 0.717) is 51.5 Å². The molecule has 0 aliphatic heterocycles. The van der Waals surface area contributed by atoms with Gasteiger partial charge in [-0.2, -0.15) is 0 Å². The number of aliphatic hydroxyl groups excluding tert-OH is 1. The summed E-state index contributed by atoms with van der Waals surface area (Å²) in [6.45, 7) is 6.37. The molecule has 3 N–H and O–H groups in total. The number of nitrogens with two attached hydrogens (primary N) is 1. The summed E-state index contributed by atoms with van der Waals surface area (Å²) in [5.41, 5.74) is 8.82. The summed E-state index contributed by atoms with van der Waals surface area (Å²) in [6.07, 6.45) is 4.85. The minimum Gasteiger partial charge on any atom is -0.392 e. The van der Waals surface area contributed by atoms with Gasteiger partial charge in [0.2, 0.25) is 0 Å². The van der Waals surface area contributed by atoms with Gasteiger partial charge in [0.15, 0.2) is 5.78 Å². The second kappa shape index (κ2) is 11.4. The molecule has 8 heteroatoms. The van der Waals surface area contributed by atoms with Crippen molar-refractivity contribution in [1.82, 2.24) is 19.9 Å². The zero-order valence-electron chi connectivity index (χ0n) is 20.3. The third-order valence-electron chi connectivity index (χ3n) is 6.20. The Morgan fingerprint density at radius 2 is 1.83 bits per heavy atom. The first-order valence-corrected chi connectivity index (χ1v) is 12.3. The predicted octanol–water partition coefficient (Wildman–Crippen LogP) is 4.48. The summed E-state index contributed by atoms with van der Waals surface area (Å²) in [6, 6.07) is 8.97. The first-order valence-electron chi connectivity index (χ1n) is 11.9. The van der Waals surface area contributed by atoms with E-state index in [2.05, 4.69) is 45.5 Å². The molecule has 4 rings (SSSR count). The van der Waals surface area contributed by atoms with Crippen LogP contribution in [0.5, 0.6) is 0 Å². The van der Waals surface area contributed by atoms with Gasteiger partial charge in [-0.25, -0.2) is 4.98 Å². The number of nitrogen functional groups attached to an aromatic ring is 1. The number of halogens is 1. The largest absolute Gasteiger partial charge is 0.392 e. The van der Waals surface area contributed by atoms with Crippen molar-refractivity contribution in [2.24, 2.45) is 0 Å². The number of pyridine rings is 1. The highest BCUT2D eigenvalue weighted by atomic mass is 35.5. The van der Waals surface area contributed by atoms with E-state index in [-0.39, 0.29) is 12.2 Å². The van der Waals surface area contributed by atoms with Gasteiger partial charge < -0.3 is 15.7 Å². The number of likely N-dealkylation sites (N-methyl/N-ethyl adjacent to an activating group) is 1. The summed E-state index contributed by atoms with van der Waals surface area (Å²) in [5.74, 6) is 6.48. The van der Waals surface area contributed by atoms with Gasteiger partial charge in [-0.3, -0.25) is 14.8 Å². The SMILES string of the molecule is CCN(CC)CC(O)CCC(=O)c1ccc(C#Cc2c(N)ncc3ccc(Cl)cc23)c2nccnc12. The van der Waals surface area contributed by atoms with E-state index in [1.807, 2.05) is 12.1 Å². The Balaban J connectivity index is 1.63. The molecule has 0 spiro atoms. The zero-order chi connectivity index (χ0) is 25.7. The predicted molar refractivity (Wildman–Crippen MR) is 144 cm³/mol. The lowest BCUT2D eigenvalue weighted by atomic mass is 10.00. The highest BCUT2D eigenvalue weighted by Crippen LogP contribution is 2.26. The van der Waals surface area contributed by atoms with Gasteiger partial charge in [-0.05, 0) is 43.8 Å². The fourth-order valence-electron chi connectivity index (χ4n) is 4.15. The average molecular weight is 502 g/mol. The Bertz CT molecular complexity index is 1470. The van der Waals surface area contributed by atoms with Gasteiger partial charge in [0.05, 0.1) is 17.2 Å². The highest BCUT2D eigenvalue weighted by Gasteiger charge is 2.17. The van der Waals surface area contributed by atoms with Gasteiger partial charge >= 0.3 is 0 Å². The van der Waals surface area contributed by atoms with Crippen LogP contribution in [0.25, 0.3) is 21.8 Å². The maximum absolute atomic E-state index is 13.0. The van der Waals surface area contributed by atoms with E-state index < -0.39 is 6.10 Å². The molecule has 184 valence electrons. The van der Waals surface area contributed by atoms with Crippen LogP contribution in [0.3, 0.4) is 0 Å². The molecule has 0 aliphatic carbocycles. The summed E-state index contributed by atoms with van der Waals surface area (Å²) in [7, 11) is 0. The monoisotopic (exact) mass is 501 g/mol. The van der Waals surface area contributed by atoms with Crippen LogP contribution in [0.1, 0.15) is 48.2 Å². The first kappa shape index (κ1) is 25.5. The van der Waals surface area contributed by atoms with Gasteiger partial charge in [0.1, 0.15) is 16.9 Å². The van der Waals surface area contributed by atoms with Crippen molar-refractivity contribution in [2.75, 3.05) is 25.4 Å². The number of carbonyl (C=O) groups is 1. The minimum atomic E-state index is -0.565. The number of rotatable bonds is 8. The number of anilines is 1. The molecule has 36 heavy (non-hydrogen) atoms. The molecule has 0 saturated carbocycles. The van der Waals surface area contributed by atoms with Crippen LogP contribution in [-0.4, -0.2) is 56.5 Å². The van der Waals surface area contributed by atoms with Crippen LogP contribution in [-0.2, 0) is 0 Å². The fraction of sp³-hybridized carbons (Fsp3) is 0.286. The molecule has 2 aromatic carbocycles. The van der Waals surface area contributed by atoms with E-state index in [4.69, 9.17) is 17.3 Å². The molecule has 1 atom stereocenters. The maximum atomic E-state index is 13.0. The van der Waals surface area contributed by atoms with E-state index >= 15 is 0 Å². The van der Waals surface area contributed by atoms with Crippen LogP contribution in [0.2, 0.25) is 5.02 Å². The highest BCUT2D eigenvalue weighted by molar-refractivity contribution is 6.31. The standard InChI is InChI=1S/C28H28ClN5O2/c1-3-34(4-2)17-21(35)9-12-25(36)23-11-7-18(26-27(23)32-14-13-31-26)6-10-22-24-15-20(29)8-5-19(24)16-33-28(22)30/h5,7-8,11,13-16,21,35H,3-4,9,12,17H2,1-2H3,(H2,30,33). The average Bonchev–Trinajstić information content (AvgIpc) is 2.89. The quantitative estimate of drug-likeness (QED) is 0.271. The van der Waals surface area contributed by atoms with Crippen LogP contribution < -0.4 is 5.73 Å². The topological polar surface area (TPSA) is 105 Å². The van der Waals surface area contributed by atoms with Crippen molar-refractivity contribution in [1.29, 1.82) is 0 Å². The lowest BCUT2D eigenvalue weighted by Gasteiger charge is -2.21.